The van der Waals surface area contributed by atoms with E-state index in [-0.39, 0.29) is 0 Å². The molecule has 116 valence electrons. The smallest absolute Gasteiger partial charge is 0.130 e. The van der Waals surface area contributed by atoms with Gasteiger partial charge in [0, 0.05) is 37.7 Å². The number of hydrogen-bond donors (Lipinski definition) is 1. The van der Waals surface area contributed by atoms with E-state index in [1.54, 1.807) is 0 Å². The summed E-state index contributed by atoms with van der Waals surface area (Å²) in [5, 5.41) is 3.18. The monoisotopic (exact) mass is 296 g/mol. The number of nitrogens with zero attached hydrogens (tertiary/aromatic N) is 3. The summed E-state index contributed by atoms with van der Waals surface area (Å²) in [7, 11) is 1.94. The van der Waals surface area contributed by atoms with Gasteiger partial charge in [-0.15, -0.1) is 0 Å². The Labute approximate surface area is 132 Å². The summed E-state index contributed by atoms with van der Waals surface area (Å²) in [5.41, 5.74) is 2.70. The number of likely N-dealkylation sites (tertiary alicyclic amines) is 1. The number of aromatic nitrogens is 2. The molecule has 22 heavy (non-hydrogen) atoms. The number of piperidine rings is 1. The van der Waals surface area contributed by atoms with Crippen LogP contribution in [0.2, 0.25) is 0 Å². The summed E-state index contributed by atoms with van der Waals surface area (Å²) in [4.78, 5) is 11.0. The fourth-order valence-electron chi connectivity index (χ4n) is 3.23. The molecule has 3 heterocycles. The lowest BCUT2D eigenvalue weighted by Crippen LogP contribution is -2.34. The first-order valence-electron chi connectivity index (χ1n) is 8.08. The SMILES string of the molecule is CNc1ncccc1CN1CCC(Cc2ccncc2)CC1. The van der Waals surface area contributed by atoms with Crippen molar-refractivity contribution < 1.29 is 0 Å². The molecule has 0 spiro atoms. The van der Waals surface area contributed by atoms with Crippen molar-refractivity contribution in [1.29, 1.82) is 0 Å². The van der Waals surface area contributed by atoms with Gasteiger partial charge in [0.05, 0.1) is 0 Å². The third-order valence-electron chi connectivity index (χ3n) is 4.50. The van der Waals surface area contributed by atoms with E-state index in [4.69, 9.17) is 0 Å². The number of rotatable bonds is 5. The van der Waals surface area contributed by atoms with Gasteiger partial charge >= 0.3 is 0 Å². The standard InChI is InChI=1S/C18H24N4/c1-19-18-17(3-2-8-21-18)14-22-11-6-16(7-12-22)13-15-4-9-20-10-5-15/h2-5,8-10,16H,6-7,11-14H2,1H3,(H,19,21). The summed E-state index contributed by atoms with van der Waals surface area (Å²) in [5.74, 6) is 1.80. The van der Waals surface area contributed by atoms with Crippen LogP contribution in [-0.2, 0) is 13.0 Å². The van der Waals surface area contributed by atoms with Crippen LogP contribution in [0, 0.1) is 5.92 Å². The van der Waals surface area contributed by atoms with E-state index >= 15 is 0 Å². The van der Waals surface area contributed by atoms with E-state index < -0.39 is 0 Å². The Bertz CT molecular complexity index is 577. The minimum absolute atomic E-state index is 0.802. The largest absolute Gasteiger partial charge is 0.373 e. The molecule has 4 heteroatoms. The van der Waals surface area contributed by atoms with Crippen molar-refractivity contribution in [2.24, 2.45) is 5.92 Å². The van der Waals surface area contributed by atoms with Crippen LogP contribution < -0.4 is 5.32 Å². The third-order valence-corrected chi connectivity index (χ3v) is 4.50. The molecule has 0 saturated carbocycles. The van der Waals surface area contributed by atoms with Gasteiger partial charge in [0.1, 0.15) is 5.82 Å². The normalized spacial score (nSPS) is 16.6. The Morgan fingerprint density at radius 2 is 1.91 bits per heavy atom. The number of hydrogen-bond acceptors (Lipinski definition) is 4. The van der Waals surface area contributed by atoms with E-state index in [9.17, 15) is 0 Å². The Balaban J connectivity index is 1.51. The summed E-state index contributed by atoms with van der Waals surface area (Å²) in [6.07, 6.45) is 9.37. The van der Waals surface area contributed by atoms with Crippen LogP contribution in [-0.4, -0.2) is 35.0 Å². The van der Waals surface area contributed by atoms with Crippen LogP contribution >= 0.6 is 0 Å². The maximum atomic E-state index is 4.39. The van der Waals surface area contributed by atoms with Gasteiger partial charge in [-0.2, -0.15) is 0 Å². The molecule has 0 amide bonds. The maximum absolute atomic E-state index is 4.39. The van der Waals surface area contributed by atoms with Crippen LogP contribution in [0.3, 0.4) is 0 Å². The van der Waals surface area contributed by atoms with Gasteiger partial charge in [0.2, 0.25) is 0 Å². The second-order valence-corrected chi connectivity index (χ2v) is 6.04. The quantitative estimate of drug-likeness (QED) is 0.921. The molecule has 1 aliphatic rings. The van der Waals surface area contributed by atoms with Crippen LogP contribution in [0.1, 0.15) is 24.0 Å². The molecule has 2 aromatic heterocycles. The van der Waals surface area contributed by atoms with Crippen LogP contribution in [0.15, 0.2) is 42.9 Å². The molecule has 3 rings (SSSR count). The molecule has 4 nitrogen and oxygen atoms in total. The van der Waals surface area contributed by atoms with Crippen molar-refractivity contribution in [3.05, 3.63) is 54.0 Å². The summed E-state index contributed by atoms with van der Waals surface area (Å²) >= 11 is 0. The van der Waals surface area contributed by atoms with E-state index in [1.165, 1.54) is 43.5 Å². The topological polar surface area (TPSA) is 41.1 Å². The Morgan fingerprint density at radius 1 is 1.14 bits per heavy atom. The lowest BCUT2D eigenvalue weighted by Gasteiger charge is -2.32. The zero-order chi connectivity index (χ0) is 15.2. The highest BCUT2D eigenvalue weighted by atomic mass is 15.1. The fourth-order valence-corrected chi connectivity index (χ4v) is 3.23. The molecule has 1 fully saturated rings. The van der Waals surface area contributed by atoms with Gasteiger partial charge in [0.25, 0.3) is 0 Å². The minimum Gasteiger partial charge on any atom is -0.373 e. The predicted octanol–water partition coefficient (Wildman–Crippen LogP) is 2.97. The highest BCUT2D eigenvalue weighted by Gasteiger charge is 2.20. The van der Waals surface area contributed by atoms with Gasteiger partial charge < -0.3 is 5.32 Å². The highest BCUT2D eigenvalue weighted by molar-refractivity contribution is 5.42. The molecule has 2 aromatic rings. The summed E-state index contributed by atoms with van der Waals surface area (Å²) in [6, 6.07) is 8.47. The molecule has 1 saturated heterocycles. The number of pyridine rings is 2. The molecule has 0 atom stereocenters. The Kier molecular flexibility index (Phi) is 5.01. The van der Waals surface area contributed by atoms with E-state index in [0.29, 0.717) is 0 Å². The van der Waals surface area contributed by atoms with E-state index in [0.717, 1.165) is 18.3 Å². The molecule has 0 aromatic carbocycles. The molecule has 0 unspecified atom stereocenters. The molecule has 0 aliphatic carbocycles. The zero-order valence-electron chi connectivity index (χ0n) is 13.2. The second kappa shape index (κ2) is 7.36. The Hall–Kier alpha value is -1.94. The van der Waals surface area contributed by atoms with Crippen molar-refractivity contribution in [2.45, 2.75) is 25.8 Å². The first kappa shape index (κ1) is 15.0. The molecule has 1 N–H and O–H groups in total. The van der Waals surface area contributed by atoms with Crippen LogP contribution in [0.25, 0.3) is 0 Å². The highest BCUT2D eigenvalue weighted by Crippen LogP contribution is 2.23. The number of anilines is 1. The zero-order valence-corrected chi connectivity index (χ0v) is 13.2. The average Bonchev–Trinajstić information content (AvgIpc) is 2.58. The minimum atomic E-state index is 0.802. The average molecular weight is 296 g/mol. The van der Waals surface area contributed by atoms with Crippen LogP contribution in [0.5, 0.6) is 0 Å². The van der Waals surface area contributed by atoms with Crippen molar-refractivity contribution in [1.82, 2.24) is 14.9 Å². The molecule has 0 bridgehead atoms. The summed E-state index contributed by atoms with van der Waals surface area (Å²) < 4.78 is 0. The molecule has 0 radical (unpaired) electrons. The molecular formula is C18H24N4. The molecular weight excluding hydrogens is 272 g/mol. The van der Waals surface area contributed by atoms with Gasteiger partial charge in [-0.1, -0.05) is 6.07 Å². The lowest BCUT2D eigenvalue weighted by atomic mass is 9.90. The predicted molar refractivity (Wildman–Crippen MR) is 89.7 cm³/mol. The maximum Gasteiger partial charge on any atom is 0.130 e. The van der Waals surface area contributed by atoms with Crippen molar-refractivity contribution in [3.8, 4) is 0 Å². The van der Waals surface area contributed by atoms with Crippen LogP contribution in [0.4, 0.5) is 5.82 Å². The molecule has 1 aliphatic heterocycles. The van der Waals surface area contributed by atoms with Crippen molar-refractivity contribution in [3.63, 3.8) is 0 Å². The summed E-state index contributed by atoms with van der Waals surface area (Å²) in [6.45, 7) is 3.34. The van der Waals surface area contributed by atoms with Gasteiger partial charge in [-0.25, -0.2) is 4.98 Å². The van der Waals surface area contributed by atoms with Crippen molar-refractivity contribution in [2.75, 3.05) is 25.5 Å². The lowest BCUT2D eigenvalue weighted by molar-refractivity contribution is 0.177. The van der Waals surface area contributed by atoms with Gasteiger partial charge in [-0.3, -0.25) is 9.88 Å². The van der Waals surface area contributed by atoms with Gasteiger partial charge in [0.15, 0.2) is 0 Å². The second-order valence-electron chi connectivity index (χ2n) is 6.04. The third kappa shape index (κ3) is 3.83. The van der Waals surface area contributed by atoms with Crippen molar-refractivity contribution >= 4 is 5.82 Å². The fraction of sp³-hybridized carbons (Fsp3) is 0.444. The van der Waals surface area contributed by atoms with Gasteiger partial charge in [-0.05, 0) is 62.0 Å². The van der Waals surface area contributed by atoms with E-state index in [1.807, 2.05) is 31.7 Å². The first-order chi connectivity index (χ1) is 10.8. The van der Waals surface area contributed by atoms with E-state index in [2.05, 4.69) is 38.4 Å². The Morgan fingerprint density at radius 3 is 2.64 bits per heavy atom. The first-order valence-corrected chi connectivity index (χ1v) is 8.08. The number of nitrogens with one attached hydrogen (secondary N) is 1.